The van der Waals surface area contributed by atoms with Gasteiger partial charge in [0.25, 0.3) is 10.2 Å². The highest BCUT2D eigenvalue weighted by molar-refractivity contribution is 8.00. The summed E-state index contributed by atoms with van der Waals surface area (Å²) in [6.45, 7) is 6.48. The van der Waals surface area contributed by atoms with E-state index in [0.717, 1.165) is 12.8 Å². The Kier molecular flexibility index (Phi) is 5.16. The average Bonchev–Trinajstić information content (AvgIpc) is 2.37. The SMILES string of the molecule is CC1CN(S(=O)(=O)N2CCCC(CO)C2)CC(C)S1. The summed E-state index contributed by atoms with van der Waals surface area (Å²) >= 11 is 1.85. The smallest absolute Gasteiger partial charge is 0.282 e. The minimum atomic E-state index is -3.35. The molecule has 0 aromatic rings. The molecule has 2 fully saturated rings. The van der Waals surface area contributed by atoms with Crippen molar-refractivity contribution in [3.8, 4) is 0 Å². The third-order valence-electron chi connectivity index (χ3n) is 3.78. The summed E-state index contributed by atoms with van der Waals surface area (Å²) in [5, 5.41) is 9.92. The number of rotatable bonds is 3. The summed E-state index contributed by atoms with van der Waals surface area (Å²) in [4.78, 5) is 0. The third kappa shape index (κ3) is 3.64. The maximum Gasteiger partial charge on any atom is 0.282 e. The molecule has 112 valence electrons. The lowest BCUT2D eigenvalue weighted by molar-refractivity contribution is 0.160. The van der Waals surface area contributed by atoms with Crippen molar-refractivity contribution in [2.24, 2.45) is 5.92 Å². The molecule has 0 aromatic carbocycles. The van der Waals surface area contributed by atoms with Crippen LogP contribution in [-0.4, -0.2) is 65.4 Å². The maximum atomic E-state index is 12.7. The quantitative estimate of drug-likeness (QED) is 0.836. The van der Waals surface area contributed by atoms with Crippen LogP contribution in [0.2, 0.25) is 0 Å². The number of thioether (sulfide) groups is 1. The molecule has 2 saturated heterocycles. The molecule has 0 spiro atoms. The van der Waals surface area contributed by atoms with Gasteiger partial charge in [-0.3, -0.25) is 0 Å². The number of piperidine rings is 1. The van der Waals surface area contributed by atoms with Gasteiger partial charge >= 0.3 is 0 Å². The van der Waals surface area contributed by atoms with Crippen LogP contribution >= 0.6 is 11.8 Å². The summed E-state index contributed by atoms with van der Waals surface area (Å²) in [5.41, 5.74) is 0. The Hall–Kier alpha value is 0.180. The van der Waals surface area contributed by atoms with E-state index < -0.39 is 10.2 Å². The van der Waals surface area contributed by atoms with E-state index in [-0.39, 0.29) is 12.5 Å². The molecule has 7 heteroatoms. The molecular formula is C12H24N2O3S2. The van der Waals surface area contributed by atoms with Gasteiger partial charge in [0, 0.05) is 43.3 Å². The summed E-state index contributed by atoms with van der Waals surface area (Å²) in [6, 6.07) is 0. The molecule has 2 aliphatic heterocycles. The van der Waals surface area contributed by atoms with Gasteiger partial charge in [0.1, 0.15) is 0 Å². The molecule has 3 atom stereocenters. The molecule has 2 rings (SSSR count). The van der Waals surface area contributed by atoms with Crippen LogP contribution in [-0.2, 0) is 10.2 Å². The second-order valence-corrected chi connectivity index (χ2v) is 9.44. The predicted octanol–water partition coefficient (Wildman–Crippen LogP) is 0.761. The average molecular weight is 308 g/mol. The zero-order valence-corrected chi connectivity index (χ0v) is 13.3. The molecule has 1 N–H and O–H groups in total. The maximum absolute atomic E-state index is 12.7. The topological polar surface area (TPSA) is 60.9 Å². The first-order chi connectivity index (χ1) is 8.93. The van der Waals surface area contributed by atoms with Crippen LogP contribution in [0.25, 0.3) is 0 Å². The summed E-state index contributed by atoms with van der Waals surface area (Å²) in [5.74, 6) is 0.0949. The minimum absolute atomic E-state index is 0.0781. The van der Waals surface area contributed by atoms with Crippen molar-refractivity contribution in [2.75, 3.05) is 32.8 Å². The van der Waals surface area contributed by atoms with E-state index in [9.17, 15) is 13.5 Å². The molecule has 3 unspecified atom stereocenters. The largest absolute Gasteiger partial charge is 0.396 e. The second-order valence-electron chi connectivity index (χ2n) is 5.63. The zero-order chi connectivity index (χ0) is 14.0. The fourth-order valence-electron chi connectivity index (χ4n) is 2.87. The molecular weight excluding hydrogens is 284 g/mol. The molecule has 2 heterocycles. The molecule has 0 aromatic heterocycles. The van der Waals surface area contributed by atoms with E-state index in [4.69, 9.17) is 0 Å². The van der Waals surface area contributed by atoms with E-state index in [1.165, 1.54) is 0 Å². The Morgan fingerprint density at radius 1 is 1.16 bits per heavy atom. The number of hydrogen-bond donors (Lipinski definition) is 1. The van der Waals surface area contributed by atoms with Crippen molar-refractivity contribution >= 4 is 22.0 Å². The fraction of sp³-hybridized carbons (Fsp3) is 1.00. The molecule has 0 bridgehead atoms. The number of aliphatic hydroxyl groups is 1. The van der Waals surface area contributed by atoms with Gasteiger partial charge in [0.2, 0.25) is 0 Å². The summed E-state index contributed by atoms with van der Waals surface area (Å²) in [7, 11) is -3.35. The second kappa shape index (κ2) is 6.30. The Labute approximate surface area is 120 Å². The van der Waals surface area contributed by atoms with Crippen molar-refractivity contribution in [2.45, 2.75) is 37.2 Å². The van der Waals surface area contributed by atoms with Crippen LogP contribution in [0, 0.1) is 5.92 Å². The van der Waals surface area contributed by atoms with Crippen LogP contribution in [0.5, 0.6) is 0 Å². The summed E-state index contributed by atoms with van der Waals surface area (Å²) < 4.78 is 28.5. The van der Waals surface area contributed by atoms with Gasteiger partial charge in [0.05, 0.1) is 0 Å². The molecule has 0 aliphatic carbocycles. The lowest BCUT2D eigenvalue weighted by atomic mass is 10.0. The van der Waals surface area contributed by atoms with Gasteiger partial charge in [-0.05, 0) is 18.8 Å². The first-order valence-electron chi connectivity index (χ1n) is 6.95. The van der Waals surface area contributed by atoms with Crippen molar-refractivity contribution in [1.29, 1.82) is 0 Å². The van der Waals surface area contributed by atoms with Gasteiger partial charge in [-0.15, -0.1) is 0 Å². The Bertz CT molecular complexity index is 392. The zero-order valence-electron chi connectivity index (χ0n) is 11.7. The Morgan fingerprint density at radius 2 is 1.79 bits per heavy atom. The van der Waals surface area contributed by atoms with Gasteiger partial charge in [0.15, 0.2) is 0 Å². The monoisotopic (exact) mass is 308 g/mol. The first kappa shape index (κ1) is 15.6. The van der Waals surface area contributed by atoms with Crippen molar-refractivity contribution in [3.63, 3.8) is 0 Å². The van der Waals surface area contributed by atoms with Crippen LogP contribution in [0.1, 0.15) is 26.7 Å². The molecule has 2 aliphatic rings. The number of aliphatic hydroxyl groups excluding tert-OH is 1. The molecule has 0 radical (unpaired) electrons. The Balaban J connectivity index is 2.08. The number of nitrogens with zero attached hydrogens (tertiary/aromatic N) is 2. The standard InChI is InChI=1S/C12H24N2O3S2/c1-10-6-14(7-11(2)18-10)19(16,17)13-5-3-4-12(8-13)9-15/h10-12,15H,3-9H2,1-2H3. The van der Waals surface area contributed by atoms with Gasteiger partial charge in [-0.1, -0.05) is 13.8 Å². The van der Waals surface area contributed by atoms with Crippen molar-refractivity contribution in [3.05, 3.63) is 0 Å². The van der Waals surface area contributed by atoms with E-state index in [1.807, 2.05) is 11.8 Å². The molecule has 19 heavy (non-hydrogen) atoms. The van der Waals surface area contributed by atoms with E-state index >= 15 is 0 Å². The number of hydrogen-bond acceptors (Lipinski definition) is 4. The normalized spacial score (nSPS) is 35.4. The van der Waals surface area contributed by atoms with Gasteiger partial charge in [-0.2, -0.15) is 28.8 Å². The molecule has 0 saturated carbocycles. The minimum Gasteiger partial charge on any atom is -0.396 e. The lowest BCUT2D eigenvalue weighted by Gasteiger charge is -2.39. The van der Waals surface area contributed by atoms with E-state index in [2.05, 4.69) is 13.8 Å². The van der Waals surface area contributed by atoms with Crippen molar-refractivity contribution in [1.82, 2.24) is 8.61 Å². The highest BCUT2D eigenvalue weighted by Gasteiger charge is 2.37. The Morgan fingerprint density at radius 3 is 2.37 bits per heavy atom. The molecule has 0 amide bonds. The van der Waals surface area contributed by atoms with Crippen LogP contribution < -0.4 is 0 Å². The highest BCUT2D eigenvalue weighted by Crippen LogP contribution is 2.29. The first-order valence-corrected chi connectivity index (χ1v) is 9.29. The van der Waals surface area contributed by atoms with Crippen LogP contribution in [0.3, 0.4) is 0 Å². The van der Waals surface area contributed by atoms with Gasteiger partial charge in [-0.25, -0.2) is 0 Å². The fourth-order valence-corrected chi connectivity index (χ4v) is 6.29. The summed E-state index contributed by atoms with van der Waals surface area (Å²) in [6.07, 6.45) is 1.77. The third-order valence-corrected chi connectivity index (χ3v) is 6.94. The predicted molar refractivity (Wildman–Crippen MR) is 78.4 cm³/mol. The van der Waals surface area contributed by atoms with Crippen LogP contribution in [0.15, 0.2) is 0 Å². The highest BCUT2D eigenvalue weighted by atomic mass is 32.2. The van der Waals surface area contributed by atoms with Gasteiger partial charge < -0.3 is 5.11 Å². The van der Waals surface area contributed by atoms with Crippen molar-refractivity contribution < 1.29 is 13.5 Å². The lowest BCUT2D eigenvalue weighted by Crippen LogP contribution is -2.53. The molecule has 5 nitrogen and oxygen atoms in total. The van der Waals surface area contributed by atoms with E-state index in [1.54, 1.807) is 8.61 Å². The van der Waals surface area contributed by atoms with Crippen LogP contribution in [0.4, 0.5) is 0 Å². The van der Waals surface area contributed by atoms with E-state index in [0.29, 0.717) is 36.7 Å².